The second-order valence-electron chi connectivity index (χ2n) is 8.90. The highest BCUT2D eigenvalue weighted by Crippen LogP contribution is 2.47. The zero-order valence-corrected chi connectivity index (χ0v) is 20.5. The van der Waals surface area contributed by atoms with Crippen LogP contribution in [0, 0.1) is 13.8 Å². The number of aryl methyl sites for hydroxylation is 2. The van der Waals surface area contributed by atoms with Crippen molar-refractivity contribution in [1.29, 1.82) is 0 Å². The van der Waals surface area contributed by atoms with Crippen LogP contribution < -0.4 is 10.2 Å². The van der Waals surface area contributed by atoms with Crippen molar-refractivity contribution in [3.8, 4) is 0 Å². The van der Waals surface area contributed by atoms with Crippen LogP contribution in [0.5, 0.6) is 0 Å². The zero-order valence-electron chi connectivity index (χ0n) is 19.0. The second kappa shape index (κ2) is 8.03. The molecule has 0 atom stereocenters. The number of imide groups is 1. The molecule has 0 aromatic heterocycles. The normalized spacial score (nSPS) is 16.3. The van der Waals surface area contributed by atoms with Gasteiger partial charge in [-0.05, 0) is 80.8 Å². The van der Waals surface area contributed by atoms with Crippen LogP contribution in [0.3, 0.4) is 0 Å². The molecule has 0 radical (unpaired) electrons. The predicted molar refractivity (Wildman–Crippen MR) is 133 cm³/mol. The van der Waals surface area contributed by atoms with Gasteiger partial charge in [-0.1, -0.05) is 29.3 Å². The van der Waals surface area contributed by atoms with E-state index < -0.39 is 32.3 Å². The lowest BCUT2D eigenvalue weighted by Crippen LogP contribution is -2.37. The lowest BCUT2D eigenvalue weighted by molar-refractivity contribution is -0.116. The number of nitrogens with zero attached hydrogens (tertiary/aromatic N) is 1. The van der Waals surface area contributed by atoms with Gasteiger partial charge in [0.1, 0.15) is 0 Å². The molecular weight excluding hydrogens is 488 g/mol. The van der Waals surface area contributed by atoms with Gasteiger partial charge >= 0.3 is 0 Å². The third kappa shape index (κ3) is 3.64. The number of fused-ring (bicyclic) bond motifs is 1. The molecule has 9 heteroatoms. The number of carbonyl (C=O) groups excluding carboxylic acids is 3. The molecule has 3 amide bonds. The van der Waals surface area contributed by atoms with Crippen LogP contribution in [0.1, 0.15) is 44.7 Å². The van der Waals surface area contributed by atoms with Gasteiger partial charge < -0.3 is 5.32 Å². The number of halogens is 1. The van der Waals surface area contributed by atoms with E-state index in [9.17, 15) is 22.8 Å². The van der Waals surface area contributed by atoms with Gasteiger partial charge in [0.05, 0.1) is 21.7 Å². The Morgan fingerprint density at radius 1 is 0.914 bits per heavy atom. The number of nitrogens with one attached hydrogen (secondary N) is 1. The molecule has 3 aromatic rings. The standard InChI is InChI=1S/C26H21ClN2O5S/c1-15-3-7-19(8-4-15)35(33,34)26(11-12-26)25(32)28-18-6-10-22(16(2)13-18)29-23(30)20-9-5-17(27)14-21(20)24(29)31/h3-10,13-14H,11-12H2,1-2H3,(H,28,32). The Morgan fingerprint density at radius 2 is 1.57 bits per heavy atom. The van der Waals surface area contributed by atoms with Crippen LogP contribution >= 0.6 is 11.6 Å². The molecule has 1 aliphatic carbocycles. The van der Waals surface area contributed by atoms with Gasteiger partial charge in [0, 0.05) is 10.7 Å². The van der Waals surface area contributed by atoms with Gasteiger partial charge in [-0.2, -0.15) is 0 Å². The third-order valence-electron chi connectivity index (χ3n) is 6.51. The molecule has 5 rings (SSSR count). The summed E-state index contributed by atoms with van der Waals surface area (Å²) in [7, 11) is -3.86. The lowest BCUT2D eigenvalue weighted by Gasteiger charge is -2.19. The van der Waals surface area contributed by atoms with Crippen LogP contribution in [0.25, 0.3) is 0 Å². The number of carbonyl (C=O) groups is 3. The molecule has 0 unspecified atom stereocenters. The summed E-state index contributed by atoms with van der Waals surface area (Å²) < 4.78 is 24.9. The first-order chi connectivity index (χ1) is 16.5. The summed E-state index contributed by atoms with van der Waals surface area (Å²) >= 11 is 5.99. The number of amides is 3. The van der Waals surface area contributed by atoms with Gasteiger partial charge in [0.25, 0.3) is 11.8 Å². The van der Waals surface area contributed by atoms with E-state index >= 15 is 0 Å². The highest BCUT2D eigenvalue weighted by molar-refractivity contribution is 7.94. The maximum atomic E-state index is 13.2. The average Bonchev–Trinajstić information content (AvgIpc) is 3.60. The SMILES string of the molecule is Cc1ccc(S(=O)(=O)C2(C(=O)Nc3ccc(N4C(=O)c5ccc(Cl)cc5C4=O)c(C)c3)CC2)cc1. The van der Waals surface area contributed by atoms with Crippen molar-refractivity contribution < 1.29 is 22.8 Å². The number of anilines is 2. The Kier molecular flexibility index (Phi) is 5.34. The van der Waals surface area contributed by atoms with E-state index in [2.05, 4.69) is 5.32 Å². The van der Waals surface area contributed by atoms with Crippen molar-refractivity contribution in [2.24, 2.45) is 0 Å². The molecule has 1 N–H and O–H groups in total. The van der Waals surface area contributed by atoms with Crippen LogP contribution in [-0.4, -0.2) is 30.9 Å². The summed E-state index contributed by atoms with van der Waals surface area (Å²) in [5.41, 5.74) is 2.74. The molecule has 35 heavy (non-hydrogen) atoms. The van der Waals surface area contributed by atoms with Crippen molar-refractivity contribution in [3.05, 3.63) is 87.9 Å². The first-order valence-corrected chi connectivity index (χ1v) is 12.8. The van der Waals surface area contributed by atoms with Crippen molar-refractivity contribution in [2.75, 3.05) is 10.2 Å². The van der Waals surface area contributed by atoms with Crippen LogP contribution in [0.4, 0.5) is 11.4 Å². The van der Waals surface area contributed by atoms with E-state index in [0.717, 1.165) is 10.5 Å². The first kappa shape index (κ1) is 23.3. The number of benzene rings is 3. The summed E-state index contributed by atoms with van der Waals surface area (Å²) in [6.07, 6.45) is 0.480. The van der Waals surface area contributed by atoms with Gasteiger partial charge in [-0.3, -0.25) is 14.4 Å². The predicted octanol–water partition coefficient (Wildman–Crippen LogP) is 4.70. The lowest BCUT2D eigenvalue weighted by atomic mass is 10.1. The summed E-state index contributed by atoms with van der Waals surface area (Å²) in [5.74, 6) is -1.53. The van der Waals surface area contributed by atoms with Crippen LogP contribution in [0.2, 0.25) is 5.02 Å². The molecule has 2 aliphatic rings. The Labute approximate surface area is 207 Å². The molecule has 0 spiro atoms. The molecule has 0 bridgehead atoms. The number of sulfone groups is 1. The molecule has 1 heterocycles. The number of hydrogen-bond donors (Lipinski definition) is 1. The topological polar surface area (TPSA) is 101 Å². The molecule has 3 aromatic carbocycles. The summed E-state index contributed by atoms with van der Waals surface area (Å²) in [6.45, 7) is 3.57. The summed E-state index contributed by atoms with van der Waals surface area (Å²) in [6, 6.07) is 15.7. The minimum Gasteiger partial charge on any atom is -0.325 e. The van der Waals surface area contributed by atoms with E-state index in [1.165, 1.54) is 24.3 Å². The van der Waals surface area contributed by atoms with E-state index in [1.54, 1.807) is 43.3 Å². The van der Waals surface area contributed by atoms with E-state index in [4.69, 9.17) is 11.6 Å². The molecule has 1 aliphatic heterocycles. The fraction of sp³-hybridized carbons (Fsp3) is 0.192. The van der Waals surface area contributed by atoms with Crippen LogP contribution in [0.15, 0.2) is 65.6 Å². The van der Waals surface area contributed by atoms with Gasteiger partial charge in [-0.25, -0.2) is 13.3 Å². The van der Waals surface area contributed by atoms with E-state index in [0.29, 0.717) is 22.0 Å². The first-order valence-electron chi connectivity index (χ1n) is 11.0. The Morgan fingerprint density at radius 3 is 2.20 bits per heavy atom. The maximum Gasteiger partial charge on any atom is 0.266 e. The smallest absolute Gasteiger partial charge is 0.266 e. The van der Waals surface area contributed by atoms with Gasteiger partial charge in [0.2, 0.25) is 5.91 Å². The zero-order chi connectivity index (χ0) is 25.1. The van der Waals surface area contributed by atoms with Gasteiger partial charge in [0.15, 0.2) is 14.6 Å². The maximum absolute atomic E-state index is 13.2. The van der Waals surface area contributed by atoms with E-state index in [-0.39, 0.29) is 28.9 Å². The van der Waals surface area contributed by atoms with Crippen LogP contribution in [-0.2, 0) is 14.6 Å². The number of hydrogen-bond acceptors (Lipinski definition) is 5. The van der Waals surface area contributed by atoms with E-state index in [1.807, 2.05) is 6.92 Å². The molecule has 1 saturated carbocycles. The molecule has 1 fully saturated rings. The van der Waals surface area contributed by atoms with Crippen molar-refractivity contribution >= 4 is 50.5 Å². The van der Waals surface area contributed by atoms with Crippen molar-refractivity contribution in [2.45, 2.75) is 36.3 Å². The monoisotopic (exact) mass is 508 g/mol. The highest BCUT2D eigenvalue weighted by Gasteiger charge is 2.61. The Balaban J connectivity index is 1.39. The summed E-state index contributed by atoms with van der Waals surface area (Å²) in [5, 5.41) is 3.07. The van der Waals surface area contributed by atoms with Gasteiger partial charge in [-0.15, -0.1) is 0 Å². The largest absolute Gasteiger partial charge is 0.325 e. The summed E-state index contributed by atoms with van der Waals surface area (Å²) in [4.78, 5) is 40.0. The highest BCUT2D eigenvalue weighted by atomic mass is 35.5. The molecule has 0 saturated heterocycles. The Hall–Kier alpha value is -3.49. The molecule has 7 nitrogen and oxygen atoms in total. The molecule has 178 valence electrons. The van der Waals surface area contributed by atoms with Crippen molar-refractivity contribution in [1.82, 2.24) is 0 Å². The minimum absolute atomic E-state index is 0.119. The quantitative estimate of drug-likeness (QED) is 0.503. The third-order valence-corrected chi connectivity index (χ3v) is 9.26. The minimum atomic E-state index is -3.86. The molecular formula is C26H21ClN2O5S. The Bertz CT molecular complexity index is 1530. The average molecular weight is 509 g/mol. The number of rotatable bonds is 5. The second-order valence-corrected chi connectivity index (χ2v) is 11.6. The fourth-order valence-corrected chi connectivity index (χ4v) is 6.39. The van der Waals surface area contributed by atoms with Crippen molar-refractivity contribution in [3.63, 3.8) is 0 Å². The fourth-order valence-electron chi connectivity index (χ4n) is 4.34.